The van der Waals surface area contributed by atoms with E-state index in [1.165, 1.54) is 56.4 Å². The molecule has 0 aliphatic heterocycles. The summed E-state index contributed by atoms with van der Waals surface area (Å²) >= 11 is 0. The maximum atomic E-state index is 12.9. The molecule has 0 bridgehead atoms. The number of amidine groups is 1. The van der Waals surface area contributed by atoms with E-state index in [4.69, 9.17) is 11.7 Å². The van der Waals surface area contributed by atoms with Gasteiger partial charge in [-0.1, -0.05) is 40.5 Å². The first-order chi connectivity index (χ1) is 13.6. The van der Waals surface area contributed by atoms with Crippen LogP contribution in [0.3, 0.4) is 0 Å². The number of hydrogen-bond donors (Lipinski definition) is 2. The molecular weight excluding hydrogens is 360 g/mol. The monoisotopic (exact) mass is 404 g/mol. The van der Waals surface area contributed by atoms with Crippen LogP contribution in [0, 0.1) is 40.4 Å². The number of nitrogens with two attached hydrogens (primary N) is 2. The van der Waals surface area contributed by atoms with Crippen LogP contribution in [-0.4, -0.2) is 23.2 Å². The number of carbonyl (C=O) groups excluding carboxylic acids is 1. The van der Waals surface area contributed by atoms with Gasteiger partial charge in [0.15, 0.2) is 5.78 Å². The number of rotatable bonds is 5. The van der Waals surface area contributed by atoms with E-state index in [1.54, 1.807) is 6.92 Å². The van der Waals surface area contributed by atoms with Crippen molar-refractivity contribution in [1.82, 2.24) is 5.01 Å². The van der Waals surface area contributed by atoms with E-state index in [1.807, 2.05) is 0 Å². The average molecular weight is 405 g/mol. The number of ketones is 1. The lowest BCUT2D eigenvalue weighted by atomic mass is 9.43. The summed E-state index contributed by atoms with van der Waals surface area (Å²) in [5.74, 6) is 16.0. The Bertz CT molecular complexity index is 634. The van der Waals surface area contributed by atoms with E-state index in [-0.39, 0.29) is 17.7 Å². The Kier molecular flexibility index (Phi) is 6.67. The van der Waals surface area contributed by atoms with Crippen molar-refractivity contribution < 1.29 is 4.79 Å². The molecule has 7 atom stereocenters. The zero-order chi connectivity index (χ0) is 21.4. The number of fused-ring (bicyclic) bond motifs is 3. The minimum absolute atomic E-state index is 0.0900. The molecule has 29 heavy (non-hydrogen) atoms. The summed E-state index contributed by atoms with van der Waals surface area (Å²) in [5, 5.41) is 4.99. The van der Waals surface area contributed by atoms with E-state index in [9.17, 15) is 4.79 Å². The van der Waals surface area contributed by atoms with Crippen LogP contribution in [0.4, 0.5) is 0 Å². The van der Waals surface area contributed by atoms with Crippen LogP contribution in [0.5, 0.6) is 0 Å². The van der Waals surface area contributed by atoms with Gasteiger partial charge in [0.05, 0.1) is 6.54 Å². The first kappa shape index (κ1) is 22.6. The van der Waals surface area contributed by atoms with Crippen molar-refractivity contribution in [2.75, 3.05) is 6.54 Å². The predicted octanol–water partition coefficient (Wildman–Crippen LogP) is 4.71. The number of hydrogen-bond acceptors (Lipinski definition) is 4. The Morgan fingerprint density at radius 3 is 2.55 bits per heavy atom. The lowest BCUT2D eigenvalue weighted by Crippen LogP contribution is -2.54. The minimum atomic E-state index is 0.0900. The van der Waals surface area contributed by atoms with Gasteiger partial charge in [0.25, 0.3) is 0 Å². The first-order valence-electron chi connectivity index (χ1n) is 11.9. The Hall–Kier alpha value is -1.10. The molecule has 3 aliphatic rings. The SMILES string of the molecule is CCC1C2CCC3CC(C)CCC3(C)C2CCC1(C)CC(=O)CN(N)/C(C)=N\N. The topological polar surface area (TPSA) is 84.7 Å². The molecule has 3 saturated carbocycles. The van der Waals surface area contributed by atoms with Crippen LogP contribution in [-0.2, 0) is 4.79 Å². The predicted molar refractivity (Wildman–Crippen MR) is 120 cm³/mol. The largest absolute Gasteiger partial charge is 0.322 e. The van der Waals surface area contributed by atoms with Crippen molar-refractivity contribution >= 4 is 11.6 Å². The van der Waals surface area contributed by atoms with Gasteiger partial charge in [0.2, 0.25) is 0 Å². The van der Waals surface area contributed by atoms with Gasteiger partial charge < -0.3 is 5.84 Å². The van der Waals surface area contributed by atoms with E-state index in [0.29, 0.717) is 23.6 Å². The van der Waals surface area contributed by atoms with Crippen LogP contribution >= 0.6 is 0 Å². The number of carbonyl (C=O) groups is 1. The smallest absolute Gasteiger partial charge is 0.154 e. The van der Waals surface area contributed by atoms with Crippen molar-refractivity contribution in [3.63, 3.8) is 0 Å². The van der Waals surface area contributed by atoms with Crippen molar-refractivity contribution in [1.29, 1.82) is 0 Å². The lowest BCUT2D eigenvalue weighted by molar-refractivity contribution is -0.135. The Morgan fingerprint density at radius 1 is 1.17 bits per heavy atom. The maximum absolute atomic E-state index is 12.9. The third kappa shape index (κ3) is 4.22. The second-order valence-electron chi connectivity index (χ2n) is 11.2. The van der Waals surface area contributed by atoms with Gasteiger partial charge in [-0.15, -0.1) is 0 Å². The summed E-state index contributed by atoms with van der Waals surface area (Å²) in [5.41, 5.74) is 0.615. The Balaban J connectivity index is 1.73. The molecule has 5 nitrogen and oxygen atoms in total. The lowest BCUT2D eigenvalue weighted by Gasteiger charge is -2.61. The maximum Gasteiger partial charge on any atom is 0.154 e. The molecule has 3 aliphatic carbocycles. The molecule has 7 unspecified atom stereocenters. The van der Waals surface area contributed by atoms with Crippen LogP contribution in [0.1, 0.15) is 92.4 Å². The highest BCUT2D eigenvalue weighted by molar-refractivity contribution is 5.87. The molecule has 166 valence electrons. The second kappa shape index (κ2) is 8.56. The van der Waals surface area contributed by atoms with Crippen molar-refractivity contribution in [2.45, 2.75) is 92.4 Å². The molecule has 4 N–H and O–H groups in total. The summed E-state index contributed by atoms with van der Waals surface area (Å²) in [6, 6.07) is 0. The van der Waals surface area contributed by atoms with E-state index >= 15 is 0 Å². The number of hydrazone groups is 1. The highest BCUT2D eigenvalue weighted by Gasteiger charge is 2.56. The molecule has 5 heteroatoms. The highest BCUT2D eigenvalue weighted by atomic mass is 16.1. The third-order valence-corrected chi connectivity index (χ3v) is 9.44. The van der Waals surface area contributed by atoms with Crippen LogP contribution in [0.15, 0.2) is 5.10 Å². The summed E-state index contributed by atoms with van der Waals surface area (Å²) in [7, 11) is 0. The van der Waals surface area contributed by atoms with Gasteiger partial charge in [0.1, 0.15) is 5.84 Å². The van der Waals surface area contributed by atoms with Crippen LogP contribution in [0.25, 0.3) is 0 Å². The van der Waals surface area contributed by atoms with E-state index in [2.05, 4.69) is 32.8 Å². The van der Waals surface area contributed by atoms with Crippen LogP contribution in [0.2, 0.25) is 0 Å². The zero-order valence-corrected chi connectivity index (χ0v) is 19.4. The number of hydrazine groups is 1. The number of nitrogens with zero attached hydrogens (tertiary/aromatic N) is 2. The van der Waals surface area contributed by atoms with Crippen molar-refractivity contribution in [3.05, 3.63) is 0 Å². The van der Waals surface area contributed by atoms with Gasteiger partial charge >= 0.3 is 0 Å². The Labute approximate surface area is 178 Å². The normalized spacial score (nSPS) is 42.7. The molecule has 0 aromatic carbocycles. The molecule has 0 spiro atoms. The quantitative estimate of drug-likeness (QED) is 0.301. The summed E-state index contributed by atoms with van der Waals surface area (Å²) in [6.45, 7) is 11.7. The molecular formula is C24H44N4O. The molecule has 3 fully saturated rings. The molecule has 0 saturated heterocycles. The van der Waals surface area contributed by atoms with Gasteiger partial charge in [-0.25, -0.2) is 5.84 Å². The minimum Gasteiger partial charge on any atom is -0.322 e. The fraction of sp³-hybridized carbons (Fsp3) is 0.917. The van der Waals surface area contributed by atoms with E-state index in [0.717, 1.165) is 23.7 Å². The molecule has 0 aromatic heterocycles. The Morgan fingerprint density at radius 2 is 1.90 bits per heavy atom. The second-order valence-corrected chi connectivity index (χ2v) is 11.2. The third-order valence-electron chi connectivity index (χ3n) is 9.44. The molecule has 0 radical (unpaired) electrons. The molecule has 0 aromatic rings. The molecule has 3 rings (SSSR count). The van der Waals surface area contributed by atoms with Gasteiger partial charge in [-0.2, -0.15) is 5.10 Å². The van der Waals surface area contributed by atoms with Gasteiger partial charge in [-0.3, -0.25) is 9.80 Å². The standard InChI is InChI=1S/C24H44N4O/c1-6-21-20-8-7-18-13-16(2)9-12-24(18,5)22(20)10-11-23(21,4)14-19(29)15-28(26)17(3)27-25/h16,18,20-22H,6-15,25-26H2,1-5H3/b27-17-. The molecule has 0 amide bonds. The zero-order valence-electron chi connectivity index (χ0n) is 19.4. The number of Topliss-reactive ketones (excluding diaryl/α,β-unsaturated/α-hetero) is 1. The van der Waals surface area contributed by atoms with Gasteiger partial charge in [-0.05, 0) is 85.9 Å². The highest BCUT2D eigenvalue weighted by Crippen LogP contribution is 2.64. The van der Waals surface area contributed by atoms with Crippen molar-refractivity contribution in [2.24, 2.45) is 57.2 Å². The summed E-state index contributed by atoms with van der Waals surface area (Å²) < 4.78 is 0. The fourth-order valence-electron chi connectivity index (χ4n) is 7.77. The summed E-state index contributed by atoms with van der Waals surface area (Å²) in [6.07, 6.45) is 11.3. The first-order valence-corrected chi connectivity index (χ1v) is 11.9. The van der Waals surface area contributed by atoms with E-state index < -0.39 is 0 Å². The molecule has 0 heterocycles. The fourth-order valence-corrected chi connectivity index (χ4v) is 7.77. The van der Waals surface area contributed by atoms with Crippen LogP contribution < -0.4 is 11.7 Å². The average Bonchev–Trinajstić information content (AvgIpc) is 2.67. The van der Waals surface area contributed by atoms with Crippen molar-refractivity contribution in [3.8, 4) is 0 Å². The van der Waals surface area contributed by atoms with Gasteiger partial charge in [0, 0.05) is 6.42 Å². The summed E-state index contributed by atoms with van der Waals surface area (Å²) in [4.78, 5) is 12.9.